The van der Waals surface area contributed by atoms with Gasteiger partial charge < -0.3 is 79.9 Å². The highest BCUT2D eigenvalue weighted by molar-refractivity contribution is 5.86. The highest BCUT2D eigenvalue weighted by Gasteiger charge is 2.54. The number of unbranched alkanes of at least 4 members (excludes halogenated alkanes) is 2. The van der Waals surface area contributed by atoms with Crippen LogP contribution in [0.5, 0.6) is 0 Å². The lowest BCUT2D eigenvalue weighted by Gasteiger charge is -2.50. The van der Waals surface area contributed by atoms with Gasteiger partial charge in [0.25, 0.3) is 0 Å². The molecule has 0 bridgehead atoms. The maximum Gasteiger partial charge on any atom is 0.243 e. The van der Waals surface area contributed by atoms with Crippen LogP contribution in [0.25, 0.3) is 0 Å². The molecule has 18 heteroatoms. The molecule has 0 aromatic carbocycles. The van der Waals surface area contributed by atoms with E-state index in [0.29, 0.717) is 25.8 Å². The minimum Gasteiger partial charge on any atom is -0.394 e. The molecule has 46 heavy (non-hydrogen) atoms. The normalized spacial score (nSPS) is 41.5. The van der Waals surface area contributed by atoms with Gasteiger partial charge in [-0.2, -0.15) is 0 Å². The molecule has 0 aromatic heterocycles. The summed E-state index contributed by atoms with van der Waals surface area (Å²) in [6.07, 6.45) is -18.5. The van der Waals surface area contributed by atoms with Crippen molar-refractivity contribution in [2.75, 3.05) is 26.4 Å². The second kappa shape index (κ2) is 18.0. The zero-order valence-electron chi connectivity index (χ0n) is 25.7. The summed E-state index contributed by atoms with van der Waals surface area (Å²) >= 11 is 0. The molecule has 3 saturated heterocycles. The Morgan fingerprint density at radius 2 is 1.35 bits per heavy atom. The van der Waals surface area contributed by atoms with E-state index in [-0.39, 0.29) is 12.5 Å². The third-order valence-corrected chi connectivity index (χ3v) is 8.02. The first-order valence-corrected chi connectivity index (χ1v) is 15.2. The minimum atomic E-state index is -1.85. The van der Waals surface area contributed by atoms with Gasteiger partial charge in [-0.05, 0) is 32.3 Å². The molecule has 0 radical (unpaired) electrons. The number of hydrogen-bond donors (Lipinski definition) is 10. The predicted octanol–water partition coefficient (Wildman–Crippen LogP) is -4.90. The standard InChI is InChI=1S/C28H48N2O16/c1-4-16(34)29-8-6-5-7-9-41-26-17(30-13(3)33)25(46-27-22(39)20(37)18(35)12(2)42-27)24(15(11-32)44-26)45-28-23(40)21(38)19(36)14(10-31)43-28/h4,12,14-15,17-28,31-32,35-40H,1,5-11H2,2-3H3,(H,29,34)(H,30,33)/t12-,14+,15+,17+,18+,19-,20+,21-,22-,23+,24+,25+,26+,27-,28-/m0/s1. The number of nitrogens with one attached hydrogen (secondary N) is 2. The van der Waals surface area contributed by atoms with Gasteiger partial charge in [0.2, 0.25) is 11.8 Å². The number of ether oxygens (including phenoxy) is 6. The Hall–Kier alpha value is -1.88. The molecule has 3 rings (SSSR count). The lowest BCUT2D eigenvalue weighted by Crippen LogP contribution is -2.69. The van der Waals surface area contributed by atoms with Crippen LogP contribution in [0.4, 0.5) is 0 Å². The summed E-state index contributed by atoms with van der Waals surface area (Å²) < 4.78 is 35.1. The molecular weight excluding hydrogens is 620 g/mol. The van der Waals surface area contributed by atoms with E-state index in [2.05, 4.69) is 17.2 Å². The Morgan fingerprint density at radius 1 is 0.761 bits per heavy atom. The van der Waals surface area contributed by atoms with Gasteiger partial charge in [-0.25, -0.2) is 0 Å². The smallest absolute Gasteiger partial charge is 0.243 e. The van der Waals surface area contributed by atoms with E-state index in [1.807, 2.05) is 0 Å². The van der Waals surface area contributed by atoms with E-state index < -0.39 is 111 Å². The molecule has 10 N–H and O–H groups in total. The van der Waals surface area contributed by atoms with Crippen LogP contribution in [0.2, 0.25) is 0 Å². The van der Waals surface area contributed by atoms with Gasteiger partial charge in [-0.1, -0.05) is 6.58 Å². The first-order chi connectivity index (χ1) is 21.8. The molecule has 2 amide bonds. The van der Waals surface area contributed by atoms with E-state index in [1.165, 1.54) is 13.8 Å². The highest BCUT2D eigenvalue weighted by Crippen LogP contribution is 2.34. The maximum absolute atomic E-state index is 12.4. The molecule has 3 fully saturated rings. The zero-order chi connectivity index (χ0) is 34.1. The van der Waals surface area contributed by atoms with Crippen LogP contribution in [0.3, 0.4) is 0 Å². The Kier molecular flexibility index (Phi) is 15.1. The molecule has 3 heterocycles. The largest absolute Gasteiger partial charge is 0.394 e. The van der Waals surface area contributed by atoms with Crippen molar-refractivity contribution in [3.8, 4) is 0 Å². The number of carbonyl (C=O) groups excluding carboxylic acids is 2. The monoisotopic (exact) mass is 668 g/mol. The van der Waals surface area contributed by atoms with Crippen LogP contribution in [0.1, 0.15) is 33.1 Å². The first kappa shape index (κ1) is 38.6. The minimum absolute atomic E-state index is 0.101. The van der Waals surface area contributed by atoms with Crippen LogP contribution in [0.15, 0.2) is 12.7 Å². The van der Waals surface area contributed by atoms with Gasteiger partial charge in [0.05, 0.1) is 19.3 Å². The predicted molar refractivity (Wildman–Crippen MR) is 152 cm³/mol. The fourth-order valence-corrected chi connectivity index (χ4v) is 5.41. The molecule has 3 aliphatic heterocycles. The van der Waals surface area contributed by atoms with Crippen molar-refractivity contribution in [1.29, 1.82) is 0 Å². The van der Waals surface area contributed by atoms with Gasteiger partial charge in [0, 0.05) is 20.1 Å². The summed E-state index contributed by atoms with van der Waals surface area (Å²) in [6.45, 7) is 5.05. The molecule has 266 valence electrons. The Bertz CT molecular complexity index is 976. The average Bonchev–Trinajstić information content (AvgIpc) is 3.03. The van der Waals surface area contributed by atoms with E-state index in [4.69, 9.17) is 28.4 Å². The molecule has 0 unspecified atom stereocenters. The maximum atomic E-state index is 12.4. The lowest BCUT2D eigenvalue weighted by atomic mass is 9.94. The van der Waals surface area contributed by atoms with Gasteiger partial charge in [0.15, 0.2) is 18.9 Å². The van der Waals surface area contributed by atoms with Crippen LogP contribution >= 0.6 is 0 Å². The van der Waals surface area contributed by atoms with Crippen molar-refractivity contribution >= 4 is 11.8 Å². The number of aliphatic hydroxyl groups excluding tert-OH is 8. The molecule has 18 nitrogen and oxygen atoms in total. The van der Waals surface area contributed by atoms with E-state index in [0.717, 1.165) is 6.08 Å². The third-order valence-electron chi connectivity index (χ3n) is 8.02. The SMILES string of the molecule is C=CC(=O)NCCCCCO[C@@H]1O[C@H](CO)[C@@H](O[C@@H]2O[C@H](CO)[C@H](O)[C@H](O)[C@H]2O)[C@H](O[C@@H]2O[C@@H](C)[C@@H](O)[C@@H](O)[C@@H]2O)[C@H]1NC(C)=O. The summed E-state index contributed by atoms with van der Waals surface area (Å²) in [6, 6.07) is -1.24. The first-order valence-electron chi connectivity index (χ1n) is 15.2. The third kappa shape index (κ3) is 9.60. The Balaban J connectivity index is 1.86. The summed E-state index contributed by atoms with van der Waals surface area (Å²) in [4.78, 5) is 23.7. The van der Waals surface area contributed by atoms with Crippen molar-refractivity contribution in [3.63, 3.8) is 0 Å². The van der Waals surface area contributed by atoms with Crippen LogP contribution < -0.4 is 10.6 Å². The number of aliphatic hydroxyl groups is 8. The summed E-state index contributed by atoms with van der Waals surface area (Å²) in [5, 5.41) is 87.6. The van der Waals surface area contributed by atoms with Gasteiger partial charge in [0.1, 0.15) is 67.1 Å². The topological polar surface area (TPSA) is 275 Å². The fourth-order valence-electron chi connectivity index (χ4n) is 5.41. The van der Waals surface area contributed by atoms with E-state index in [9.17, 15) is 50.4 Å². The number of carbonyl (C=O) groups is 2. The summed E-state index contributed by atoms with van der Waals surface area (Å²) in [5.41, 5.74) is 0. The number of rotatable bonds is 15. The second-order valence-electron chi connectivity index (χ2n) is 11.5. The second-order valence-corrected chi connectivity index (χ2v) is 11.5. The van der Waals surface area contributed by atoms with Crippen molar-refractivity contribution in [1.82, 2.24) is 10.6 Å². The molecule has 0 aliphatic carbocycles. The molecule has 3 aliphatic rings. The van der Waals surface area contributed by atoms with Gasteiger partial charge in [-0.15, -0.1) is 0 Å². The molecule has 0 aromatic rings. The molecule has 15 atom stereocenters. The van der Waals surface area contributed by atoms with E-state index in [1.54, 1.807) is 0 Å². The van der Waals surface area contributed by atoms with Crippen LogP contribution in [-0.2, 0) is 38.0 Å². The number of amides is 2. The lowest BCUT2D eigenvalue weighted by molar-refractivity contribution is -0.373. The Labute approximate surface area is 265 Å². The molecule has 0 spiro atoms. The summed E-state index contributed by atoms with van der Waals surface area (Å²) in [5.74, 6) is -0.869. The van der Waals surface area contributed by atoms with Crippen LogP contribution in [0, 0.1) is 0 Å². The highest BCUT2D eigenvalue weighted by atomic mass is 16.8. The molecule has 0 saturated carbocycles. The van der Waals surface area contributed by atoms with Crippen molar-refractivity contribution in [3.05, 3.63) is 12.7 Å². The summed E-state index contributed by atoms with van der Waals surface area (Å²) in [7, 11) is 0. The van der Waals surface area contributed by atoms with Crippen molar-refractivity contribution < 1.29 is 78.9 Å². The Morgan fingerprint density at radius 3 is 1.96 bits per heavy atom. The van der Waals surface area contributed by atoms with E-state index >= 15 is 0 Å². The average molecular weight is 669 g/mol. The van der Waals surface area contributed by atoms with Crippen molar-refractivity contribution in [2.24, 2.45) is 0 Å². The van der Waals surface area contributed by atoms with Gasteiger partial charge in [-0.3, -0.25) is 9.59 Å². The quantitative estimate of drug-likeness (QED) is 0.0578. The fraction of sp³-hybridized carbons (Fsp3) is 0.857. The van der Waals surface area contributed by atoms with Crippen LogP contribution in [-0.4, -0.2) is 171 Å². The number of hydrogen-bond acceptors (Lipinski definition) is 16. The zero-order valence-corrected chi connectivity index (χ0v) is 25.7. The van der Waals surface area contributed by atoms with Gasteiger partial charge >= 0.3 is 0 Å². The molecular formula is C28H48N2O16. The van der Waals surface area contributed by atoms with Crippen molar-refractivity contribution in [2.45, 2.75) is 125 Å².